The van der Waals surface area contributed by atoms with Gasteiger partial charge in [-0.05, 0) is 67.8 Å². The van der Waals surface area contributed by atoms with Gasteiger partial charge >= 0.3 is 0 Å². The molecule has 0 spiro atoms. The number of benzene rings is 4. The van der Waals surface area contributed by atoms with Gasteiger partial charge in [-0.1, -0.05) is 78.9 Å². The number of rotatable bonds is 14. The van der Waals surface area contributed by atoms with E-state index in [1.807, 2.05) is 66.7 Å². The number of aliphatic hydroxyl groups is 1. The van der Waals surface area contributed by atoms with Crippen molar-refractivity contribution in [1.29, 1.82) is 0 Å². The molecule has 1 aliphatic heterocycles. The molecule has 0 aliphatic carbocycles. The van der Waals surface area contributed by atoms with Crippen molar-refractivity contribution in [1.82, 2.24) is 4.90 Å². The lowest BCUT2D eigenvalue weighted by atomic mass is 9.99. The molecule has 0 aromatic heterocycles. The average molecular weight is 651 g/mol. The number of aliphatic hydroxyl groups excluding tert-OH is 1. The number of para-hydroxylation sites is 2. The SMILES string of the molecule is CC(c1ccccc1)N(C)CC1CC(c2ccc(CO)cc2)OC(c2ccc(NC(=O)CCCCC(=O)Nc3ccccc3N)cc2)O1. The number of unbranched alkanes of at least 4 members (excludes halogenated alkanes) is 1. The maximum Gasteiger partial charge on any atom is 0.224 e. The second-order valence-electron chi connectivity index (χ2n) is 12.4. The van der Waals surface area contributed by atoms with Crippen molar-refractivity contribution in [2.45, 2.75) is 70.2 Å². The summed E-state index contributed by atoms with van der Waals surface area (Å²) in [4.78, 5) is 27.2. The third-order valence-corrected chi connectivity index (χ3v) is 8.81. The highest BCUT2D eigenvalue weighted by atomic mass is 16.7. The molecular formula is C39H46N4O5. The molecule has 9 nitrogen and oxygen atoms in total. The predicted molar refractivity (Wildman–Crippen MR) is 189 cm³/mol. The van der Waals surface area contributed by atoms with Crippen molar-refractivity contribution in [3.05, 3.63) is 125 Å². The number of anilines is 3. The minimum absolute atomic E-state index is 0.00688. The fourth-order valence-electron chi connectivity index (χ4n) is 5.84. The van der Waals surface area contributed by atoms with Crippen LogP contribution in [-0.2, 0) is 25.7 Å². The van der Waals surface area contributed by atoms with Crippen LogP contribution in [-0.4, -0.2) is 41.5 Å². The van der Waals surface area contributed by atoms with Gasteiger partial charge in [-0.15, -0.1) is 0 Å². The normalized spacial score (nSPS) is 18.3. The van der Waals surface area contributed by atoms with Crippen molar-refractivity contribution in [2.24, 2.45) is 0 Å². The van der Waals surface area contributed by atoms with E-state index in [2.05, 4.69) is 53.8 Å². The van der Waals surface area contributed by atoms with Gasteiger partial charge in [0.15, 0.2) is 6.29 Å². The third-order valence-electron chi connectivity index (χ3n) is 8.81. The number of likely N-dealkylation sites (N-methyl/N-ethyl adjacent to an activating group) is 1. The van der Waals surface area contributed by atoms with Crippen LogP contribution in [0, 0.1) is 0 Å². The van der Waals surface area contributed by atoms with Gasteiger partial charge in [-0.25, -0.2) is 0 Å². The maximum absolute atomic E-state index is 12.6. The first-order chi connectivity index (χ1) is 23.3. The summed E-state index contributed by atoms with van der Waals surface area (Å²) < 4.78 is 13.1. The molecule has 2 amide bonds. The lowest BCUT2D eigenvalue weighted by Crippen LogP contribution is -2.38. The van der Waals surface area contributed by atoms with E-state index in [4.69, 9.17) is 15.2 Å². The van der Waals surface area contributed by atoms with Crippen LogP contribution in [0.4, 0.5) is 17.1 Å². The Kier molecular flexibility index (Phi) is 12.3. The highest BCUT2D eigenvalue weighted by Gasteiger charge is 2.33. The molecule has 1 heterocycles. The summed E-state index contributed by atoms with van der Waals surface area (Å²) in [7, 11) is 2.11. The van der Waals surface area contributed by atoms with Gasteiger partial charge in [0.2, 0.25) is 11.8 Å². The summed E-state index contributed by atoms with van der Waals surface area (Å²) >= 11 is 0. The number of hydrogen-bond acceptors (Lipinski definition) is 7. The molecule has 4 atom stereocenters. The summed E-state index contributed by atoms with van der Waals surface area (Å²) in [6, 6.07) is 33.2. The second kappa shape index (κ2) is 17.0. The largest absolute Gasteiger partial charge is 0.397 e. The van der Waals surface area contributed by atoms with Gasteiger partial charge in [0.25, 0.3) is 0 Å². The van der Waals surface area contributed by atoms with Gasteiger partial charge in [0, 0.05) is 43.1 Å². The Balaban J connectivity index is 1.16. The molecule has 0 saturated carbocycles. The fourth-order valence-corrected chi connectivity index (χ4v) is 5.84. The summed E-state index contributed by atoms with van der Waals surface area (Å²) in [5.74, 6) is -0.234. The molecule has 252 valence electrons. The first-order valence-electron chi connectivity index (χ1n) is 16.6. The number of nitrogen functional groups attached to an aromatic ring is 1. The predicted octanol–water partition coefficient (Wildman–Crippen LogP) is 7.14. The molecule has 1 saturated heterocycles. The zero-order chi connectivity index (χ0) is 33.9. The molecule has 4 aromatic rings. The van der Waals surface area contributed by atoms with E-state index in [1.165, 1.54) is 5.56 Å². The zero-order valence-corrected chi connectivity index (χ0v) is 27.7. The molecule has 9 heteroatoms. The van der Waals surface area contributed by atoms with Crippen molar-refractivity contribution in [2.75, 3.05) is 30.0 Å². The van der Waals surface area contributed by atoms with Gasteiger partial charge in [-0.2, -0.15) is 0 Å². The standard InChI is InChI=1S/C39H46N4O5/c1-27(29-10-4-3-5-11-29)43(2)25-33-24-36(30-18-16-28(26-44)17-19-30)48-39(47-33)31-20-22-32(23-21-31)41-37(45)14-8-9-15-38(46)42-35-13-7-6-12-34(35)40/h3-7,10-13,16-23,27,33,36,39,44H,8-9,14-15,24-26,40H2,1-2H3,(H,41,45)(H,42,46). The molecule has 0 bridgehead atoms. The van der Waals surface area contributed by atoms with Crippen LogP contribution >= 0.6 is 0 Å². The van der Waals surface area contributed by atoms with Crippen LogP contribution in [0.2, 0.25) is 0 Å². The van der Waals surface area contributed by atoms with Gasteiger partial charge in [0.05, 0.1) is 30.2 Å². The Labute approximate surface area is 283 Å². The van der Waals surface area contributed by atoms with Crippen LogP contribution < -0.4 is 16.4 Å². The van der Waals surface area contributed by atoms with E-state index in [9.17, 15) is 14.7 Å². The quantitative estimate of drug-likeness (QED) is 0.0845. The number of nitrogens with zero attached hydrogens (tertiary/aromatic N) is 1. The number of ether oxygens (including phenoxy) is 2. The minimum Gasteiger partial charge on any atom is -0.397 e. The molecule has 1 fully saturated rings. The summed E-state index contributed by atoms with van der Waals surface area (Å²) in [6.07, 6.45) is 1.63. The molecule has 48 heavy (non-hydrogen) atoms. The smallest absolute Gasteiger partial charge is 0.224 e. The molecule has 1 aliphatic rings. The number of amides is 2. The van der Waals surface area contributed by atoms with E-state index in [0.717, 1.165) is 23.2 Å². The van der Waals surface area contributed by atoms with Gasteiger partial charge < -0.3 is 30.9 Å². The lowest BCUT2D eigenvalue weighted by Gasteiger charge is -2.39. The Bertz CT molecular complexity index is 1610. The zero-order valence-electron chi connectivity index (χ0n) is 27.7. The lowest BCUT2D eigenvalue weighted by molar-refractivity contribution is -0.253. The van der Waals surface area contributed by atoms with Crippen molar-refractivity contribution >= 4 is 28.9 Å². The van der Waals surface area contributed by atoms with E-state index in [1.54, 1.807) is 12.1 Å². The first kappa shape index (κ1) is 34.8. The van der Waals surface area contributed by atoms with E-state index < -0.39 is 6.29 Å². The summed E-state index contributed by atoms with van der Waals surface area (Å²) in [6.45, 7) is 2.91. The fraction of sp³-hybridized carbons (Fsp3) is 0.333. The van der Waals surface area contributed by atoms with Crippen molar-refractivity contribution < 1.29 is 24.2 Å². The van der Waals surface area contributed by atoms with E-state index >= 15 is 0 Å². The Hall–Kier alpha value is -4.54. The molecular weight excluding hydrogens is 604 g/mol. The number of carbonyl (C=O) groups is 2. The van der Waals surface area contributed by atoms with Crippen LogP contribution in [0.15, 0.2) is 103 Å². The molecule has 5 rings (SSSR count). The first-order valence-corrected chi connectivity index (χ1v) is 16.6. The van der Waals surface area contributed by atoms with Crippen LogP contribution in [0.5, 0.6) is 0 Å². The third kappa shape index (κ3) is 9.74. The average Bonchev–Trinajstić information content (AvgIpc) is 3.11. The molecule has 4 unspecified atom stereocenters. The highest BCUT2D eigenvalue weighted by molar-refractivity contribution is 5.94. The number of nitrogens with two attached hydrogens (primary N) is 1. The van der Waals surface area contributed by atoms with Crippen LogP contribution in [0.1, 0.15) is 79.7 Å². The monoisotopic (exact) mass is 650 g/mol. The Morgan fingerprint density at radius 3 is 2.12 bits per heavy atom. The summed E-state index contributed by atoms with van der Waals surface area (Å²) in [5, 5.41) is 15.3. The maximum atomic E-state index is 12.6. The Morgan fingerprint density at radius 2 is 1.46 bits per heavy atom. The molecule has 0 radical (unpaired) electrons. The van der Waals surface area contributed by atoms with E-state index in [-0.39, 0.29) is 36.7 Å². The highest BCUT2D eigenvalue weighted by Crippen LogP contribution is 2.39. The topological polar surface area (TPSA) is 126 Å². The summed E-state index contributed by atoms with van der Waals surface area (Å²) in [5.41, 5.74) is 11.7. The van der Waals surface area contributed by atoms with Crippen LogP contribution in [0.3, 0.4) is 0 Å². The van der Waals surface area contributed by atoms with Crippen molar-refractivity contribution in [3.63, 3.8) is 0 Å². The molecule has 5 N–H and O–H groups in total. The molecule has 4 aromatic carbocycles. The number of hydrogen-bond donors (Lipinski definition) is 4. The van der Waals surface area contributed by atoms with Gasteiger partial charge in [0.1, 0.15) is 0 Å². The van der Waals surface area contributed by atoms with E-state index in [0.29, 0.717) is 49.2 Å². The number of nitrogens with one attached hydrogen (secondary N) is 2. The van der Waals surface area contributed by atoms with Crippen LogP contribution in [0.25, 0.3) is 0 Å². The Morgan fingerprint density at radius 1 is 0.833 bits per heavy atom. The van der Waals surface area contributed by atoms with Crippen molar-refractivity contribution in [3.8, 4) is 0 Å². The minimum atomic E-state index is -0.589. The van der Waals surface area contributed by atoms with Gasteiger partial charge in [-0.3, -0.25) is 14.5 Å². The number of carbonyl (C=O) groups excluding carboxylic acids is 2. The second-order valence-corrected chi connectivity index (χ2v) is 12.4.